The number of hydrogen-bond donors (Lipinski definition) is 2. The lowest BCUT2D eigenvalue weighted by Gasteiger charge is -2.25. The number of aliphatic carboxylic acids is 1. The second kappa shape index (κ2) is 5.03. The average Bonchev–Trinajstić information content (AvgIpc) is 2.28. The topological polar surface area (TPSA) is 92.5 Å². The first-order chi connectivity index (χ1) is 8.30. The Balaban J connectivity index is 3.20. The van der Waals surface area contributed by atoms with Gasteiger partial charge in [-0.2, -0.15) is 0 Å². The Kier molecular flexibility index (Phi) is 3.90. The molecule has 0 amide bonds. The van der Waals surface area contributed by atoms with Crippen LogP contribution in [0, 0.1) is 17.0 Å². The molecule has 0 aliphatic heterocycles. The largest absolute Gasteiger partial charge is 0.480 e. The van der Waals surface area contributed by atoms with Gasteiger partial charge in [0.05, 0.1) is 4.92 Å². The van der Waals surface area contributed by atoms with Gasteiger partial charge in [-0.15, -0.1) is 0 Å². The van der Waals surface area contributed by atoms with E-state index in [2.05, 4.69) is 5.32 Å². The van der Waals surface area contributed by atoms with E-state index in [1.165, 1.54) is 13.0 Å². The van der Waals surface area contributed by atoms with Gasteiger partial charge in [-0.1, -0.05) is 13.0 Å². The van der Waals surface area contributed by atoms with Gasteiger partial charge in [0, 0.05) is 6.07 Å². The lowest BCUT2D eigenvalue weighted by molar-refractivity contribution is -0.384. The van der Waals surface area contributed by atoms with E-state index >= 15 is 0 Å². The molecule has 1 unspecified atom stereocenters. The van der Waals surface area contributed by atoms with Crippen molar-refractivity contribution in [2.45, 2.75) is 32.7 Å². The highest BCUT2D eigenvalue weighted by atomic mass is 16.6. The molecule has 18 heavy (non-hydrogen) atoms. The van der Waals surface area contributed by atoms with Crippen molar-refractivity contribution >= 4 is 17.3 Å². The quantitative estimate of drug-likeness (QED) is 0.620. The Morgan fingerprint density at radius 3 is 2.61 bits per heavy atom. The van der Waals surface area contributed by atoms with Gasteiger partial charge in [0.25, 0.3) is 5.69 Å². The van der Waals surface area contributed by atoms with E-state index in [9.17, 15) is 14.9 Å². The van der Waals surface area contributed by atoms with Crippen molar-refractivity contribution in [3.05, 3.63) is 33.9 Å². The summed E-state index contributed by atoms with van der Waals surface area (Å²) in [5.74, 6) is -1.04. The average molecular weight is 252 g/mol. The first-order valence-corrected chi connectivity index (χ1v) is 5.57. The highest BCUT2D eigenvalue weighted by molar-refractivity contribution is 5.83. The minimum atomic E-state index is -1.22. The zero-order valence-corrected chi connectivity index (χ0v) is 10.6. The Morgan fingerprint density at radius 2 is 2.17 bits per heavy atom. The van der Waals surface area contributed by atoms with Crippen molar-refractivity contribution < 1.29 is 14.8 Å². The zero-order valence-electron chi connectivity index (χ0n) is 10.6. The molecule has 0 aliphatic rings. The van der Waals surface area contributed by atoms with Crippen LogP contribution in [0.1, 0.15) is 25.8 Å². The third-order valence-electron chi connectivity index (χ3n) is 2.94. The second-order valence-electron chi connectivity index (χ2n) is 4.39. The molecule has 0 aliphatic carbocycles. The Bertz CT molecular complexity index is 487. The van der Waals surface area contributed by atoms with Gasteiger partial charge in [-0.25, -0.2) is 4.79 Å². The molecular weight excluding hydrogens is 236 g/mol. The number of benzene rings is 1. The molecule has 2 N–H and O–H groups in total. The summed E-state index contributed by atoms with van der Waals surface area (Å²) in [4.78, 5) is 21.6. The fourth-order valence-electron chi connectivity index (χ4n) is 1.50. The summed E-state index contributed by atoms with van der Waals surface area (Å²) < 4.78 is 0. The number of nitrogens with zero attached hydrogens (tertiary/aromatic N) is 1. The van der Waals surface area contributed by atoms with Crippen molar-refractivity contribution in [3.63, 3.8) is 0 Å². The molecule has 0 saturated carbocycles. The van der Waals surface area contributed by atoms with Crippen LogP contribution in [0.25, 0.3) is 0 Å². The zero-order chi connectivity index (χ0) is 13.9. The normalized spacial score (nSPS) is 13.7. The summed E-state index contributed by atoms with van der Waals surface area (Å²) in [6.07, 6.45) is 0.313. The maximum atomic E-state index is 11.2. The minimum absolute atomic E-state index is 0.124. The predicted molar refractivity (Wildman–Crippen MR) is 67.8 cm³/mol. The van der Waals surface area contributed by atoms with E-state index in [4.69, 9.17) is 5.11 Å². The number of anilines is 1. The second-order valence-corrected chi connectivity index (χ2v) is 4.39. The molecule has 6 heteroatoms. The molecule has 0 fully saturated rings. The summed E-state index contributed by atoms with van der Waals surface area (Å²) in [5.41, 5.74) is -0.293. The van der Waals surface area contributed by atoms with Crippen LogP contribution in [-0.4, -0.2) is 21.5 Å². The molecule has 1 aromatic rings. The maximum absolute atomic E-state index is 11.2. The van der Waals surface area contributed by atoms with Gasteiger partial charge < -0.3 is 10.4 Å². The molecule has 0 radical (unpaired) electrons. The summed E-state index contributed by atoms with van der Waals surface area (Å²) >= 11 is 0. The Hall–Kier alpha value is -2.11. The monoisotopic (exact) mass is 252 g/mol. The van der Waals surface area contributed by atoms with Gasteiger partial charge in [0.1, 0.15) is 11.2 Å². The standard InChI is InChI=1S/C12H16N2O4/c1-4-12(3,11(15)16)13-9-7-8(2)5-6-10(9)14(17)18/h5-7,13H,4H2,1-3H3,(H,15,16). The summed E-state index contributed by atoms with van der Waals surface area (Å²) in [6, 6.07) is 4.57. The molecule has 1 rings (SSSR count). The molecular formula is C12H16N2O4. The minimum Gasteiger partial charge on any atom is -0.480 e. The van der Waals surface area contributed by atoms with E-state index in [1.807, 2.05) is 0 Å². The lowest BCUT2D eigenvalue weighted by Crippen LogP contribution is -2.42. The van der Waals surface area contributed by atoms with Gasteiger partial charge >= 0.3 is 5.97 Å². The molecule has 0 aromatic heterocycles. The fraction of sp³-hybridized carbons (Fsp3) is 0.417. The van der Waals surface area contributed by atoms with Crippen LogP contribution in [0.15, 0.2) is 18.2 Å². The van der Waals surface area contributed by atoms with Crippen LogP contribution in [-0.2, 0) is 4.79 Å². The van der Waals surface area contributed by atoms with Crippen molar-refractivity contribution in [3.8, 4) is 0 Å². The summed E-state index contributed by atoms with van der Waals surface area (Å²) in [7, 11) is 0. The van der Waals surface area contributed by atoms with Crippen LogP contribution in [0.4, 0.5) is 11.4 Å². The number of carbonyl (C=O) groups is 1. The number of nitro groups is 1. The van der Waals surface area contributed by atoms with Crippen molar-refractivity contribution in [2.24, 2.45) is 0 Å². The number of nitro benzene ring substituents is 1. The molecule has 1 atom stereocenters. The fourth-order valence-corrected chi connectivity index (χ4v) is 1.50. The van der Waals surface area contributed by atoms with Crippen molar-refractivity contribution in [1.29, 1.82) is 0 Å². The van der Waals surface area contributed by atoms with Crippen LogP contribution >= 0.6 is 0 Å². The van der Waals surface area contributed by atoms with E-state index in [0.29, 0.717) is 6.42 Å². The highest BCUT2D eigenvalue weighted by Crippen LogP contribution is 2.29. The molecule has 6 nitrogen and oxygen atoms in total. The number of hydrogen-bond acceptors (Lipinski definition) is 4. The van der Waals surface area contributed by atoms with Gasteiger partial charge in [-0.3, -0.25) is 10.1 Å². The van der Waals surface area contributed by atoms with E-state index in [1.54, 1.807) is 26.0 Å². The van der Waals surface area contributed by atoms with Gasteiger partial charge in [-0.05, 0) is 31.9 Å². The molecule has 0 saturated heterocycles. The number of carboxylic acids is 1. The summed E-state index contributed by atoms with van der Waals surface area (Å²) in [5, 5.41) is 22.8. The third-order valence-corrected chi connectivity index (χ3v) is 2.94. The molecule has 0 bridgehead atoms. The van der Waals surface area contributed by atoms with E-state index < -0.39 is 16.4 Å². The van der Waals surface area contributed by atoms with E-state index in [-0.39, 0.29) is 11.4 Å². The first-order valence-electron chi connectivity index (χ1n) is 5.57. The van der Waals surface area contributed by atoms with Crippen molar-refractivity contribution in [1.82, 2.24) is 0 Å². The van der Waals surface area contributed by atoms with Crippen LogP contribution < -0.4 is 5.32 Å². The van der Waals surface area contributed by atoms with Crippen molar-refractivity contribution in [2.75, 3.05) is 5.32 Å². The van der Waals surface area contributed by atoms with Gasteiger partial charge in [0.15, 0.2) is 0 Å². The van der Waals surface area contributed by atoms with E-state index in [0.717, 1.165) is 5.56 Å². The smallest absolute Gasteiger partial charge is 0.329 e. The number of nitrogens with one attached hydrogen (secondary N) is 1. The highest BCUT2D eigenvalue weighted by Gasteiger charge is 2.32. The Labute approximate surface area is 105 Å². The first kappa shape index (κ1) is 14.0. The molecule has 0 spiro atoms. The molecule has 98 valence electrons. The number of carboxylic acid groups (broad SMARTS) is 1. The molecule has 0 heterocycles. The van der Waals surface area contributed by atoms with Crippen LogP contribution in [0.3, 0.4) is 0 Å². The maximum Gasteiger partial charge on any atom is 0.329 e. The number of aryl methyl sites for hydroxylation is 1. The summed E-state index contributed by atoms with van der Waals surface area (Å²) in [6.45, 7) is 5.00. The van der Waals surface area contributed by atoms with Crippen LogP contribution in [0.5, 0.6) is 0 Å². The molecule has 1 aromatic carbocycles. The van der Waals surface area contributed by atoms with Gasteiger partial charge in [0.2, 0.25) is 0 Å². The predicted octanol–water partition coefficient (Wildman–Crippen LogP) is 2.57. The number of rotatable bonds is 5. The lowest BCUT2D eigenvalue weighted by atomic mass is 9.98. The SMILES string of the molecule is CCC(C)(Nc1cc(C)ccc1[N+](=O)[O-])C(=O)O. The van der Waals surface area contributed by atoms with Crippen LogP contribution in [0.2, 0.25) is 0 Å². The third kappa shape index (κ3) is 2.77. The Morgan fingerprint density at radius 1 is 1.56 bits per heavy atom.